The molecule has 0 aromatic carbocycles. The van der Waals surface area contributed by atoms with E-state index in [-0.39, 0.29) is 6.10 Å². The Morgan fingerprint density at radius 3 is 2.96 bits per heavy atom. The van der Waals surface area contributed by atoms with E-state index < -0.39 is 0 Å². The summed E-state index contributed by atoms with van der Waals surface area (Å²) < 4.78 is 11.0. The van der Waals surface area contributed by atoms with Gasteiger partial charge in [-0.15, -0.1) is 0 Å². The summed E-state index contributed by atoms with van der Waals surface area (Å²) in [7, 11) is 1.86. The van der Waals surface area contributed by atoms with Gasteiger partial charge in [0.2, 0.25) is 0 Å². The van der Waals surface area contributed by atoms with Crippen molar-refractivity contribution >= 4 is 5.96 Å². The van der Waals surface area contributed by atoms with Gasteiger partial charge in [-0.1, -0.05) is 5.16 Å². The lowest BCUT2D eigenvalue weighted by molar-refractivity contribution is -0.0455. The molecule has 1 aromatic heterocycles. The van der Waals surface area contributed by atoms with Gasteiger partial charge in [-0.2, -0.15) is 0 Å². The highest BCUT2D eigenvalue weighted by molar-refractivity contribution is 5.80. The minimum Gasteiger partial charge on any atom is -0.373 e. The summed E-state index contributed by atoms with van der Waals surface area (Å²) in [6.45, 7) is 8.78. The lowest BCUT2D eigenvalue weighted by Gasteiger charge is -2.38. The van der Waals surface area contributed by atoms with Crippen LogP contribution in [0.1, 0.15) is 18.5 Å². The predicted molar refractivity (Wildman–Crippen MR) is 99.0 cm³/mol. The maximum absolute atomic E-state index is 6.05. The van der Waals surface area contributed by atoms with Crippen LogP contribution in [0.3, 0.4) is 0 Å². The summed E-state index contributed by atoms with van der Waals surface area (Å²) >= 11 is 0. The Morgan fingerprint density at radius 1 is 1.31 bits per heavy atom. The van der Waals surface area contributed by atoms with Crippen molar-refractivity contribution in [1.29, 1.82) is 0 Å². The van der Waals surface area contributed by atoms with Crippen molar-refractivity contribution in [1.82, 2.24) is 25.2 Å². The van der Waals surface area contributed by atoms with Crippen LogP contribution in [0.4, 0.5) is 0 Å². The van der Waals surface area contributed by atoms with Crippen molar-refractivity contribution in [3.63, 3.8) is 0 Å². The average molecular weight is 362 g/mol. The molecule has 3 aliphatic rings. The van der Waals surface area contributed by atoms with E-state index >= 15 is 0 Å². The van der Waals surface area contributed by atoms with Gasteiger partial charge in [0.1, 0.15) is 6.26 Å². The van der Waals surface area contributed by atoms with Crippen molar-refractivity contribution in [2.75, 3.05) is 59.5 Å². The summed E-state index contributed by atoms with van der Waals surface area (Å²) in [6, 6.07) is 2.59. The fourth-order valence-electron chi connectivity index (χ4n) is 4.21. The number of morpholine rings is 1. The second kappa shape index (κ2) is 8.37. The monoisotopic (exact) mass is 362 g/mol. The van der Waals surface area contributed by atoms with Crippen LogP contribution in [-0.2, 0) is 11.3 Å². The van der Waals surface area contributed by atoms with Gasteiger partial charge in [0.05, 0.1) is 18.4 Å². The molecule has 2 atom stereocenters. The highest BCUT2D eigenvalue weighted by Crippen LogP contribution is 2.22. The smallest absolute Gasteiger partial charge is 0.193 e. The third kappa shape index (κ3) is 4.19. The number of piperazine rings is 1. The number of ether oxygens (including phenoxy) is 1. The van der Waals surface area contributed by atoms with Crippen molar-refractivity contribution in [3.8, 4) is 0 Å². The maximum atomic E-state index is 6.05. The zero-order chi connectivity index (χ0) is 17.8. The Labute approximate surface area is 155 Å². The highest BCUT2D eigenvalue weighted by Gasteiger charge is 2.32. The van der Waals surface area contributed by atoms with E-state index in [1.54, 1.807) is 6.26 Å². The van der Waals surface area contributed by atoms with Crippen LogP contribution in [0, 0.1) is 0 Å². The van der Waals surface area contributed by atoms with Crippen molar-refractivity contribution < 1.29 is 9.26 Å². The number of nitrogens with one attached hydrogen (secondary N) is 1. The first kappa shape index (κ1) is 17.8. The third-order valence-electron chi connectivity index (χ3n) is 5.71. The molecule has 0 aliphatic carbocycles. The van der Waals surface area contributed by atoms with Crippen LogP contribution in [0.15, 0.2) is 21.8 Å². The van der Waals surface area contributed by atoms with Gasteiger partial charge in [0.25, 0.3) is 0 Å². The number of guanidine groups is 1. The summed E-state index contributed by atoms with van der Waals surface area (Å²) in [6.07, 6.45) is 4.50. The molecule has 3 aliphatic heterocycles. The molecule has 0 saturated carbocycles. The molecule has 0 amide bonds. The molecule has 1 aromatic rings. The molecule has 1 N–H and O–H groups in total. The molecule has 0 spiro atoms. The number of fused-ring (bicyclic) bond motifs is 1. The lowest BCUT2D eigenvalue weighted by atomic mass is 10.2. The van der Waals surface area contributed by atoms with E-state index in [1.807, 2.05) is 13.1 Å². The summed E-state index contributed by atoms with van der Waals surface area (Å²) in [5.41, 5.74) is 0.996. The Kier molecular flexibility index (Phi) is 5.72. The molecule has 3 fully saturated rings. The first-order chi connectivity index (χ1) is 12.8. The highest BCUT2D eigenvalue weighted by atomic mass is 16.5. The van der Waals surface area contributed by atoms with Crippen LogP contribution >= 0.6 is 0 Å². The minimum absolute atomic E-state index is 0.259. The molecule has 4 heterocycles. The van der Waals surface area contributed by atoms with Crippen LogP contribution < -0.4 is 5.32 Å². The molecular weight excluding hydrogens is 332 g/mol. The van der Waals surface area contributed by atoms with Gasteiger partial charge < -0.3 is 19.5 Å². The quantitative estimate of drug-likeness (QED) is 0.607. The molecule has 26 heavy (non-hydrogen) atoms. The van der Waals surface area contributed by atoms with Gasteiger partial charge in [0.15, 0.2) is 5.96 Å². The van der Waals surface area contributed by atoms with Crippen molar-refractivity contribution in [3.05, 3.63) is 18.0 Å². The van der Waals surface area contributed by atoms with E-state index in [9.17, 15) is 0 Å². The van der Waals surface area contributed by atoms with Crippen LogP contribution in [-0.4, -0.2) is 97.4 Å². The van der Waals surface area contributed by atoms with E-state index in [2.05, 4.69) is 30.2 Å². The van der Waals surface area contributed by atoms with Gasteiger partial charge in [0, 0.05) is 65.0 Å². The summed E-state index contributed by atoms with van der Waals surface area (Å²) in [5, 5.41) is 7.53. The van der Waals surface area contributed by atoms with Crippen LogP contribution in [0.25, 0.3) is 0 Å². The van der Waals surface area contributed by atoms with Crippen molar-refractivity contribution in [2.45, 2.75) is 31.5 Å². The fourth-order valence-corrected chi connectivity index (χ4v) is 4.21. The molecule has 8 heteroatoms. The van der Waals surface area contributed by atoms with Crippen molar-refractivity contribution in [2.24, 2.45) is 4.99 Å². The standard InChI is InChI=1S/C18H30N6O2/c1-19-18(20-11-17-13-24-5-2-3-16(24)14-25-17)23-8-6-22(7-9-23)12-15-4-10-26-21-15/h4,10,16-17H,2-3,5-9,11-14H2,1H3,(H,19,20). The molecule has 144 valence electrons. The molecule has 4 rings (SSSR count). The number of hydrogen-bond donors (Lipinski definition) is 1. The first-order valence-corrected chi connectivity index (χ1v) is 9.74. The molecule has 0 bridgehead atoms. The number of rotatable bonds is 4. The number of aliphatic imine (C=N–C) groups is 1. The van der Waals surface area contributed by atoms with Crippen LogP contribution in [0.2, 0.25) is 0 Å². The van der Waals surface area contributed by atoms with E-state index in [0.29, 0.717) is 6.04 Å². The Balaban J connectivity index is 1.21. The molecular formula is C18H30N6O2. The second-order valence-electron chi connectivity index (χ2n) is 7.43. The van der Waals surface area contributed by atoms with Gasteiger partial charge in [-0.3, -0.25) is 14.8 Å². The van der Waals surface area contributed by atoms with E-state index in [0.717, 1.165) is 64.1 Å². The number of aromatic nitrogens is 1. The minimum atomic E-state index is 0.259. The third-order valence-corrected chi connectivity index (χ3v) is 5.71. The van der Waals surface area contributed by atoms with Crippen LogP contribution in [0.5, 0.6) is 0 Å². The zero-order valence-corrected chi connectivity index (χ0v) is 15.6. The van der Waals surface area contributed by atoms with Gasteiger partial charge >= 0.3 is 0 Å². The summed E-state index contributed by atoms with van der Waals surface area (Å²) in [5.74, 6) is 0.984. The Hall–Kier alpha value is -1.64. The molecule has 8 nitrogen and oxygen atoms in total. The summed E-state index contributed by atoms with van der Waals surface area (Å²) in [4.78, 5) is 11.8. The second-order valence-corrected chi connectivity index (χ2v) is 7.43. The Bertz CT molecular complexity index is 585. The lowest BCUT2D eigenvalue weighted by Crippen LogP contribution is -2.55. The SMILES string of the molecule is CN=C(NCC1CN2CCCC2CO1)N1CCN(Cc2ccon2)CC1. The molecule has 0 radical (unpaired) electrons. The number of hydrogen-bond acceptors (Lipinski definition) is 6. The van der Waals surface area contributed by atoms with Gasteiger partial charge in [-0.25, -0.2) is 0 Å². The zero-order valence-electron chi connectivity index (χ0n) is 15.6. The van der Waals surface area contributed by atoms with E-state index in [4.69, 9.17) is 9.26 Å². The Morgan fingerprint density at radius 2 is 2.19 bits per heavy atom. The average Bonchev–Trinajstić information content (AvgIpc) is 3.34. The fraction of sp³-hybridized carbons (Fsp3) is 0.778. The van der Waals surface area contributed by atoms with E-state index in [1.165, 1.54) is 19.4 Å². The molecule has 3 saturated heterocycles. The first-order valence-electron chi connectivity index (χ1n) is 9.74. The largest absolute Gasteiger partial charge is 0.373 e. The predicted octanol–water partition coefficient (Wildman–Crippen LogP) is 0.231. The number of nitrogens with zero attached hydrogens (tertiary/aromatic N) is 5. The normalized spacial score (nSPS) is 28.3. The van der Waals surface area contributed by atoms with Gasteiger partial charge in [-0.05, 0) is 19.4 Å². The maximum Gasteiger partial charge on any atom is 0.193 e. The molecule has 2 unspecified atom stereocenters. The topological polar surface area (TPSA) is 69.4 Å².